The zero-order chi connectivity index (χ0) is 14.9. The Morgan fingerprint density at radius 3 is 2.67 bits per heavy atom. The molecule has 1 aromatic rings. The molecule has 0 saturated carbocycles. The molecule has 3 nitrogen and oxygen atoms in total. The van der Waals surface area contributed by atoms with Crippen LogP contribution in [0.3, 0.4) is 0 Å². The van der Waals surface area contributed by atoms with E-state index in [4.69, 9.17) is 16.3 Å². The van der Waals surface area contributed by atoms with E-state index >= 15 is 0 Å². The molecule has 0 radical (unpaired) electrons. The van der Waals surface area contributed by atoms with E-state index in [1.165, 1.54) is 18.5 Å². The number of rotatable bonds is 3. The average molecular weight is 309 g/mol. The van der Waals surface area contributed by atoms with Crippen molar-refractivity contribution in [1.29, 1.82) is 0 Å². The van der Waals surface area contributed by atoms with Gasteiger partial charge in [0.2, 0.25) is 0 Å². The summed E-state index contributed by atoms with van der Waals surface area (Å²) < 4.78 is 6.38. The molecule has 0 spiro atoms. The van der Waals surface area contributed by atoms with E-state index in [1.54, 1.807) is 0 Å². The molecule has 1 fully saturated rings. The number of hydrogen-bond donors (Lipinski definition) is 1. The lowest BCUT2D eigenvalue weighted by atomic mass is 9.91. The fourth-order valence-corrected chi connectivity index (χ4v) is 3.69. The van der Waals surface area contributed by atoms with Crippen molar-refractivity contribution in [3.63, 3.8) is 0 Å². The number of nitrogens with one attached hydrogen (secondary N) is 1. The van der Waals surface area contributed by atoms with Crippen molar-refractivity contribution in [2.75, 3.05) is 24.5 Å². The molecule has 0 amide bonds. The number of piperidine rings is 1. The van der Waals surface area contributed by atoms with Crippen LogP contribution < -0.4 is 15.0 Å². The molecule has 2 aliphatic rings. The molecule has 1 N–H and O–H groups in total. The van der Waals surface area contributed by atoms with Crippen LogP contribution in [0.25, 0.3) is 0 Å². The van der Waals surface area contributed by atoms with Crippen LogP contribution in [0, 0.1) is 0 Å². The number of fused-ring (bicyclic) bond motifs is 1. The van der Waals surface area contributed by atoms with Gasteiger partial charge < -0.3 is 15.0 Å². The Bertz CT molecular complexity index is 496. The maximum atomic E-state index is 6.38. The summed E-state index contributed by atoms with van der Waals surface area (Å²) in [5.74, 6) is 0.993. The molecular weight excluding hydrogens is 284 g/mol. The number of hydrogen-bond acceptors (Lipinski definition) is 3. The average Bonchev–Trinajstić information content (AvgIpc) is 2.55. The maximum absolute atomic E-state index is 6.38. The molecule has 21 heavy (non-hydrogen) atoms. The fourth-order valence-electron chi connectivity index (χ4n) is 3.52. The summed E-state index contributed by atoms with van der Waals surface area (Å²) in [6.45, 7) is 7.63. The Balaban J connectivity index is 1.98. The molecule has 0 aliphatic carbocycles. The predicted octanol–water partition coefficient (Wildman–Crippen LogP) is 3.85. The second-order valence-corrected chi connectivity index (χ2v) is 6.65. The molecule has 1 aromatic carbocycles. The number of anilines is 1. The van der Waals surface area contributed by atoms with Crippen LogP contribution in [0.15, 0.2) is 18.2 Å². The van der Waals surface area contributed by atoms with Gasteiger partial charge in [0.05, 0.1) is 12.2 Å². The van der Waals surface area contributed by atoms with Crippen molar-refractivity contribution < 1.29 is 4.74 Å². The van der Waals surface area contributed by atoms with E-state index < -0.39 is 0 Å². The van der Waals surface area contributed by atoms with E-state index in [0.29, 0.717) is 6.04 Å². The zero-order valence-electron chi connectivity index (χ0n) is 13.0. The SMILES string of the molecule is CCC1(CC)CN(C2CCNCC2)c2cc(Cl)ccc2O1. The van der Waals surface area contributed by atoms with Gasteiger partial charge in [-0.2, -0.15) is 0 Å². The standard InChI is InChI=1S/C17H25ClN2O/c1-3-17(4-2)12-20(14-7-9-19-10-8-14)15-11-13(18)5-6-16(15)21-17/h5-6,11,14,19H,3-4,7-10,12H2,1-2H3. The third-order valence-corrected chi connectivity index (χ3v) is 5.29. The van der Waals surface area contributed by atoms with Gasteiger partial charge in [-0.3, -0.25) is 0 Å². The van der Waals surface area contributed by atoms with Crippen LogP contribution in [-0.4, -0.2) is 31.3 Å². The lowest BCUT2D eigenvalue weighted by Gasteiger charge is -2.48. The number of benzene rings is 1. The van der Waals surface area contributed by atoms with Crippen LogP contribution >= 0.6 is 11.6 Å². The topological polar surface area (TPSA) is 24.5 Å². The molecule has 2 aliphatic heterocycles. The van der Waals surface area contributed by atoms with Gasteiger partial charge in [-0.15, -0.1) is 0 Å². The summed E-state index contributed by atoms with van der Waals surface area (Å²) in [5.41, 5.74) is 1.11. The highest BCUT2D eigenvalue weighted by Crippen LogP contribution is 2.42. The van der Waals surface area contributed by atoms with Crippen molar-refractivity contribution >= 4 is 17.3 Å². The first-order chi connectivity index (χ1) is 10.2. The van der Waals surface area contributed by atoms with Gasteiger partial charge >= 0.3 is 0 Å². The van der Waals surface area contributed by atoms with Crippen molar-refractivity contribution in [3.8, 4) is 5.75 Å². The molecule has 4 heteroatoms. The van der Waals surface area contributed by atoms with Crippen LogP contribution in [0.2, 0.25) is 5.02 Å². The summed E-state index contributed by atoms with van der Waals surface area (Å²) in [5, 5.41) is 4.24. The van der Waals surface area contributed by atoms with Gasteiger partial charge in [0.15, 0.2) is 0 Å². The molecule has 116 valence electrons. The normalized spacial score (nSPS) is 21.8. The summed E-state index contributed by atoms with van der Waals surface area (Å²) >= 11 is 6.23. The quantitative estimate of drug-likeness (QED) is 0.918. The van der Waals surface area contributed by atoms with Crippen LogP contribution in [-0.2, 0) is 0 Å². The minimum absolute atomic E-state index is 0.0638. The largest absolute Gasteiger partial charge is 0.483 e. The molecule has 0 aromatic heterocycles. The van der Waals surface area contributed by atoms with Crippen molar-refractivity contribution in [1.82, 2.24) is 5.32 Å². The smallest absolute Gasteiger partial charge is 0.143 e. The summed E-state index contributed by atoms with van der Waals surface area (Å²) in [7, 11) is 0. The first kappa shape index (κ1) is 15.0. The second-order valence-electron chi connectivity index (χ2n) is 6.21. The van der Waals surface area contributed by atoms with E-state index in [9.17, 15) is 0 Å². The third-order valence-electron chi connectivity index (χ3n) is 5.05. The Hall–Kier alpha value is -0.930. The highest BCUT2D eigenvalue weighted by atomic mass is 35.5. The summed E-state index contributed by atoms with van der Waals surface area (Å²) in [6.07, 6.45) is 4.45. The van der Waals surface area contributed by atoms with E-state index in [0.717, 1.165) is 43.2 Å². The van der Waals surface area contributed by atoms with Crippen LogP contribution in [0.5, 0.6) is 5.75 Å². The minimum atomic E-state index is -0.0638. The summed E-state index contributed by atoms with van der Waals surface area (Å²) in [4.78, 5) is 2.55. The monoisotopic (exact) mass is 308 g/mol. The molecular formula is C17H25ClN2O. The minimum Gasteiger partial charge on any atom is -0.483 e. The van der Waals surface area contributed by atoms with Gasteiger partial charge in [0.25, 0.3) is 0 Å². The summed E-state index contributed by atoms with van der Waals surface area (Å²) in [6, 6.07) is 6.62. The Morgan fingerprint density at radius 1 is 1.29 bits per heavy atom. The first-order valence-electron chi connectivity index (χ1n) is 8.13. The maximum Gasteiger partial charge on any atom is 0.143 e. The Morgan fingerprint density at radius 2 is 2.00 bits per heavy atom. The van der Waals surface area contributed by atoms with E-state index in [-0.39, 0.29) is 5.60 Å². The van der Waals surface area contributed by atoms with Gasteiger partial charge in [0.1, 0.15) is 11.4 Å². The molecule has 0 unspecified atom stereocenters. The fraction of sp³-hybridized carbons (Fsp3) is 0.647. The van der Waals surface area contributed by atoms with Crippen molar-refractivity contribution in [2.45, 2.75) is 51.2 Å². The van der Waals surface area contributed by atoms with Gasteiger partial charge in [-0.1, -0.05) is 25.4 Å². The Kier molecular flexibility index (Phi) is 4.32. The molecule has 0 bridgehead atoms. The Labute approximate surface area is 132 Å². The van der Waals surface area contributed by atoms with Crippen molar-refractivity contribution in [3.05, 3.63) is 23.2 Å². The molecule has 3 rings (SSSR count). The second kappa shape index (κ2) is 6.05. The van der Waals surface area contributed by atoms with E-state index in [2.05, 4.69) is 30.1 Å². The number of nitrogens with zero attached hydrogens (tertiary/aromatic N) is 1. The van der Waals surface area contributed by atoms with Crippen LogP contribution in [0.4, 0.5) is 5.69 Å². The highest BCUT2D eigenvalue weighted by Gasteiger charge is 2.39. The van der Waals surface area contributed by atoms with Crippen molar-refractivity contribution in [2.24, 2.45) is 0 Å². The van der Waals surface area contributed by atoms with Gasteiger partial charge in [0, 0.05) is 11.1 Å². The van der Waals surface area contributed by atoms with Gasteiger partial charge in [-0.05, 0) is 57.0 Å². The molecule has 1 saturated heterocycles. The lowest BCUT2D eigenvalue weighted by molar-refractivity contribution is 0.0537. The molecule has 2 heterocycles. The van der Waals surface area contributed by atoms with E-state index in [1.807, 2.05) is 12.1 Å². The number of ether oxygens (including phenoxy) is 1. The van der Waals surface area contributed by atoms with Gasteiger partial charge in [-0.25, -0.2) is 0 Å². The number of halogens is 1. The highest BCUT2D eigenvalue weighted by molar-refractivity contribution is 6.31. The predicted molar refractivity (Wildman–Crippen MR) is 88.6 cm³/mol. The molecule has 0 atom stereocenters. The third kappa shape index (κ3) is 2.86. The van der Waals surface area contributed by atoms with Crippen LogP contribution in [0.1, 0.15) is 39.5 Å². The lowest BCUT2D eigenvalue weighted by Crippen LogP contribution is -2.55. The zero-order valence-corrected chi connectivity index (χ0v) is 13.7. The first-order valence-corrected chi connectivity index (χ1v) is 8.51.